The molecular formula is C26H48N4O8. The van der Waals surface area contributed by atoms with Gasteiger partial charge in [-0.1, -0.05) is 13.8 Å². The van der Waals surface area contributed by atoms with E-state index in [4.69, 9.17) is 19.9 Å². The van der Waals surface area contributed by atoms with E-state index in [0.29, 0.717) is 19.5 Å². The quantitative estimate of drug-likeness (QED) is 0.137. The Morgan fingerprint density at radius 1 is 1.26 bits per heavy atom. The fourth-order valence-electron chi connectivity index (χ4n) is 6.09. The summed E-state index contributed by atoms with van der Waals surface area (Å²) in [4.78, 5) is 12.1. The predicted octanol–water partition coefficient (Wildman–Crippen LogP) is -1.83. The van der Waals surface area contributed by atoms with E-state index < -0.39 is 54.8 Å². The van der Waals surface area contributed by atoms with Crippen LogP contribution in [0.5, 0.6) is 0 Å². The number of ether oxygens (including phenoxy) is 3. The van der Waals surface area contributed by atoms with Crippen molar-refractivity contribution in [3.05, 3.63) is 11.8 Å². The number of hydrogen-bond acceptors (Lipinski definition) is 11. The SMILES string of the molecule is CNC1C(O)C(OC2C(NC(=O)CO)CC(C)C(C3OC(CNCCCN)=CCC3C)C2O)OCC1(C)O. The van der Waals surface area contributed by atoms with Crippen molar-refractivity contribution in [1.82, 2.24) is 16.0 Å². The third kappa shape index (κ3) is 7.23. The number of hydrogen-bond donors (Lipinski definition) is 8. The second-order valence-electron chi connectivity index (χ2n) is 11.3. The minimum absolute atomic E-state index is 0.0474. The molecule has 3 rings (SSSR count). The van der Waals surface area contributed by atoms with E-state index in [1.54, 1.807) is 14.0 Å². The van der Waals surface area contributed by atoms with E-state index in [2.05, 4.69) is 29.0 Å². The van der Waals surface area contributed by atoms with E-state index in [9.17, 15) is 25.2 Å². The van der Waals surface area contributed by atoms with Crippen molar-refractivity contribution in [2.45, 2.75) is 88.4 Å². The fourth-order valence-corrected chi connectivity index (χ4v) is 6.09. The lowest BCUT2D eigenvalue weighted by Crippen LogP contribution is -2.67. The number of nitrogens with one attached hydrogen (secondary N) is 3. The van der Waals surface area contributed by atoms with Crippen molar-refractivity contribution in [2.75, 3.05) is 39.9 Å². The molecule has 220 valence electrons. The zero-order valence-electron chi connectivity index (χ0n) is 23.0. The van der Waals surface area contributed by atoms with Gasteiger partial charge in [-0.15, -0.1) is 0 Å². The molecule has 0 aromatic rings. The molecule has 9 N–H and O–H groups in total. The Hall–Kier alpha value is -1.35. The lowest BCUT2D eigenvalue weighted by molar-refractivity contribution is -0.299. The van der Waals surface area contributed by atoms with Crippen molar-refractivity contribution in [2.24, 2.45) is 23.5 Å². The van der Waals surface area contributed by atoms with Gasteiger partial charge in [-0.05, 0) is 64.2 Å². The first-order valence-electron chi connectivity index (χ1n) is 13.7. The summed E-state index contributed by atoms with van der Waals surface area (Å²) in [6.07, 6.45) is -0.480. The van der Waals surface area contributed by atoms with Gasteiger partial charge in [-0.3, -0.25) is 4.79 Å². The second-order valence-corrected chi connectivity index (χ2v) is 11.3. The van der Waals surface area contributed by atoms with Crippen LogP contribution in [0.2, 0.25) is 0 Å². The normalized spacial score (nSPS) is 41.8. The van der Waals surface area contributed by atoms with Crippen LogP contribution in [0.4, 0.5) is 0 Å². The van der Waals surface area contributed by atoms with Crippen molar-refractivity contribution in [1.29, 1.82) is 0 Å². The molecule has 12 nitrogen and oxygen atoms in total. The first kappa shape index (κ1) is 31.2. The smallest absolute Gasteiger partial charge is 0.246 e. The van der Waals surface area contributed by atoms with Crippen LogP contribution < -0.4 is 21.7 Å². The fraction of sp³-hybridized carbons (Fsp3) is 0.885. The Kier molecular flexibility index (Phi) is 11.3. The Morgan fingerprint density at radius 2 is 2.00 bits per heavy atom. The molecule has 0 spiro atoms. The summed E-state index contributed by atoms with van der Waals surface area (Å²) in [6, 6.07) is -1.36. The molecule has 0 radical (unpaired) electrons. The summed E-state index contributed by atoms with van der Waals surface area (Å²) in [6.45, 7) is 6.83. The van der Waals surface area contributed by atoms with E-state index in [1.165, 1.54) is 0 Å². The molecule has 11 atom stereocenters. The number of amides is 1. The summed E-state index contributed by atoms with van der Waals surface area (Å²) in [5.74, 6) is -0.00122. The van der Waals surface area contributed by atoms with E-state index in [0.717, 1.165) is 25.1 Å². The van der Waals surface area contributed by atoms with Gasteiger partial charge in [0.1, 0.15) is 36.3 Å². The summed E-state index contributed by atoms with van der Waals surface area (Å²) >= 11 is 0. The number of aliphatic hydroxyl groups excluding tert-OH is 3. The molecule has 1 aliphatic carbocycles. The average Bonchev–Trinajstić information content (AvgIpc) is 2.87. The summed E-state index contributed by atoms with van der Waals surface area (Å²) < 4.78 is 18.3. The summed E-state index contributed by atoms with van der Waals surface area (Å²) in [5, 5.41) is 51.6. The number of aliphatic hydroxyl groups is 4. The van der Waals surface area contributed by atoms with Gasteiger partial charge in [0.05, 0.1) is 31.3 Å². The van der Waals surface area contributed by atoms with Gasteiger partial charge in [-0.2, -0.15) is 0 Å². The third-order valence-corrected chi connectivity index (χ3v) is 8.13. The number of nitrogens with two attached hydrogens (primary N) is 1. The lowest BCUT2D eigenvalue weighted by atomic mass is 9.68. The molecule has 1 amide bonds. The second kappa shape index (κ2) is 13.8. The first-order chi connectivity index (χ1) is 18.0. The van der Waals surface area contributed by atoms with Crippen LogP contribution in [0.3, 0.4) is 0 Å². The van der Waals surface area contributed by atoms with Gasteiger partial charge in [-0.25, -0.2) is 0 Å². The highest BCUT2D eigenvalue weighted by atomic mass is 16.7. The monoisotopic (exact) mass is 544 g/mol. The molecule has 2 heterocycles. The highest BCUT2D eigenvalue weighted by Gasteiger charge is 2.52. The molecule has 0 aromatic carbocycles. The van der Waals surface area contributed by atoms with Crippen molar-refractivity contribution < 1.29 is 39.4 Å². The summed E-state index contributed by atoms with van der Waals surface area (Å²) in [7, 11) is 1.62. The van der Waals surface area contributed by atoms with Crippen molar-refractivity contribution in [3.63, 3.8) is 0 Å². The minimum atomic E-state index is -1.33. The Labute approximate surface area is 225 Å². The van der Waals surface area contributed by atoms with Crippen LogP contribution in [0.25, 0.3) is 0 Å². The molecule has 2 aliphatic heterocycles. The molecule has 3 aliphatic rings. The first-order valence-corrected chi connectivity index (χ1v) is 13.7. The Balaban J connectivity index is 1.80. The van der Waals surface area contributed by atoms with Gasteiger partial charge >= 0.3 is 0 Å². The van der Waals surface area contributed by atoms with E-state index >= 15 is 0 Å². The zero-order valence-corrected chi connectivity index (χ0v) is 23.0. The maximum atomic E-state index is 12.1. The summed E-state index contributed by atoms with van der Waals surface area (Å²) in [5.41, 5.74) is 4.25. The Morgan fingerprint density at radius 3 is 2.66 bits per heavy atom. The predicted molar refractivity (Wildman–Crippen MR) is 140 cm³/mol. The number of carbonyl (C=O) groups excluding carboxylic acids is 1. The zero-order chi connectivity index (χ0) is 28.0. The molecule has 2 fully saturated rings. The molecule has 1 saturated carbocycles. The maximum absolute atomic E-state index is 12.1. The highest BCUT2D eigenvalue weighted by molar-refractivity contribution is 5.77. The Bertz CT molecular complexity index is 799. The molecule has 0 bridgehead atoms. The molecule has 12 heteroatoms. The molecule has 0 aromatic heterocycles. The molecular weight excluding hydrogens is 496 g/mol. The maximum Gasteiger partial charge on any atom is 0.246 e. The number of carbonyl (C=O) groups is 1. The van der Waals surface area contributed by atoms with Crippen molar-refractivity contribution in [3.8, 4) is 0 Å². The standard InChI is InChI=1S/C26H48N4O8/c1-14-6-7-16(11-29-9-5-8-27)37-22(14)19-15(2)10-17(30-18(32)12-31)23(20(19)33)38-25-21(34)24(28-4)26(3,35)13-36-25/h7,14-15,17,19-25,28-29,31,33-35H,5-6,8-13,27H2,1-4H3,(H,30,32). The molecule has 38 heavy (non-hydrogen) atoms. The third-order valence-electron chi connectivity index (χ3n) is 8.13. The van der Waals surface area contributed by atoms with Crippen LogP contribution in [0.15, 0.2) is 11.8 Å². The highest BCUT2D eigenvalue weighted by Crippen LogP contribution is 2.41. The molecule has 11 unspecified atom stereocenters. The van der Waals surface area contributed by atoms with E-state index in [1.807, 2.05) is 6.92 Å². The van der Waals surface area contributed by atoms with E-state index in [-0.39, 0.29) is 30.5 Å². The van der Waals surface area contributed by atoms with Crippen LogP contribution in [0.1, 0.15) is 40.0 Å². The van der Waals surface area contributed by atoms with Gasteiger partial charge in [0.15, 0.2) is 6.29 Å². The van der Waals surface area contributed by atoms with Crippen LogP contribution in [-0.2, 0) is 19.0 Å². The topological polar surface area (TPSA) is 188 Å². The van der Waals surface area contributed by atoms with Gasteiger partial charge in [0.2, 0.25) is 5.91 Å². The number of allylic oxidation sites excluding steroid dienone is 1. The van der Waals surface area contributed by atoms with Crippen molar-refractivity contribution >= 4 is 5.91 Å². The average molecular weight is 545 g/mol. The number of rotatable bonds is 11. The lowest BCUT2D eigenvalue weighted by Gasteiger charge is -2.50. The van der Waals surface area contributed by atoms with Gasteiger partial charge < -0.3 is 56.3 Å². The largest absolute Gasteiger partial charge is 0.493 e. The molecule has 1 saturated heterocycles. The van der Waals surface area contributed by atoms with Gasteiger partial charge in [0, 0.05) is 5.92 Å². The van der Waals surface area contributed by atoms with Crippen LogP contribution >= 0.6 is 0 Å². The minimum Gasteiger partial charge on any atom is -0.493 e. The van der Waals surface area contributed by atoms with Gasteiger partial charge in [0.25, 0.3) is 0 Å². The van der Waals surface area contributed by atoms with Crippen LogP contribution in [0, 0.1) is 17.8 Å². The number of likely N-dealkylation sites (N-methyl/N-ethyl adjacent to an activating group) is 1. The van der Waals surface area contributed by atoms with Crippen LogP contribution in [-0.4, -0.2) is 115 Å².